The number of rotatable bonds is 4. The Morgan fingerprint density at radius 2 is 0.932 bits per heavy atom. The first-order valence-corrected chi connectivity index (χ1v) is 15.0. The molecule has 2 nitrogen and oxygen atoms in total. The predicted molar refractivity (Wildman–Crippen MR) is 186 cm³/mol. The van der Waals surface area contributed by atoms with Gasteiger partial charge >= 0.3 is 0 Å². The molecule has 0 N–H and O–H groups in total. The van der Waals surface area contributed by atoms with Gasteiger partial charge in [0.25, 0.3) is 0 Å². The van der Waals surface area contributed by atoms with E-state index in [-0.39, 0.29) is 0 Å². The molecular weight excluding hydrogens is 532 g/mol. The van der Waals surface area contributed by atoms with Crippen molar-refractivity contribution in [3.63, 3.8) is 0 Å². The second-order valence-electron chi connectivity index (χ2n) is 11.3. The first-order chi connectivity index (χ1) is 22.2. The lowest BCUT2D eigenvalue weighted by Crippen LogP contribution is -1.96. The maximum Gasteiger partial charge on any atom is 0.0641 e. The molecule has 9 rings (SSSR count). The number of hydrogen-bond donors (Lipinski definition) is 0. The van der Waals surface area contributed by atoms with E-state index in [1.54, 1.807) is 0 Å². The lowest BCUT2D eigenvalue weighted by Gasteiger charge is -2.14. The Hall–Kier alpha value is -5.86. The molecule has 0 spiro atoms. The first-order valence-electron chi connectivity index (χ1n) is 15.5. The smallest absolute Gasteiger partial charge is 0.0641 e. The minimum atomic E-state index is 0.512. The van der Waals surface area contributed by atoms with E-state index in [2.05, 4.69) is 149 Å². The van der Waals surface area contributed by atoms with Crippen molar-refractivity contribution < 1.29 is 1.37 Å². The van der Waals surface area contributed by atoms with Crippen LogP contribution in [0.25, 0.3) is 77.2 Å². The molecule has 0 fully saturated rings. The molecule has 2 aromatic heterocycles. The fraction of sp³-hybridized carbons (Fsp3) is 0. The lowest BCUT2D eigenvalue weighted by molar-refractivity contribution is 1.17. The van der Waals surface area contributed by atoms with Gasteiger partial charge in [0.1, 0.15) is 0 Å². The van der Waals surface area contributed by atoms with Gasteiger partial charge in [-0.15, -0.1) is 0 Å². The van der Waals surface area contributed by atoms with Crippen molar-refractivity contribution in [2.45, 2.75) is 0 Å². The Morgan fingerprint density at radius 1 is 0.364 bits per heavy atom. The molecule has 0 amide bonds. The van der Waals surface area contributed by atoms with Gasteiger partial charge in [-0.3, -0.25) is 0 Å². The second kappa shape index (κ2) is 9.86. The van der Waals surface area contributed by atoms with E-state index in [1.165, 1.54) is 49.2 Å². The average Bonchev–Trinajstić information content (AvgIpc) is 3.62. The third-order valence-corrected chi connectivity index (χ3v) is 8.82. The van der Waals surface area contributed by atoms with Crippen molar-refractivity contribution in [1.82, 2.24) is 9.13 Å². The zero-order valence-electron chi connectivity index (χ0n) is 25.0. The number of fused-ring (bicyclic) bond motifs is 7. The van der Waals surface area contributed by atoms with Gasteiger partial charge in [-0.2, -0.15) is 0 Å². The second-order valence-corrected chi connectivity index (χ2v) is 11.3. The zero-order valence-corrected chi connectivity index (χ0v) is 24.0. The summed E-state index contributed by atoms with van der Waals surface area (Å²) in [5, 5.41) is 4.97. The third-order valence-electron chi connectivity index (χ3n) is 8.82. The Labute approximate surface area is 257 Å². The predicted octanol–water partition coefficient (Wildman–Crippen LogP) is 11.2. The van der Waals surface area contributed by atoms with Crippen LogP contribution < -0.4 is 0 Å². The molecule has 0 atom stereocenters. The standard InChI is InChI=1S/C42H28N2/c1-4-14-29(15-5-1)31-26-32(30-16-6-2-7-17-30)28-34(27-31)43-39-23-13-11-21-37(39)41-40(43)25-24-36-35-20-10-12-22-38(35)44(42(36)41)33-18-8-3-9-19-33/h1-28H/i1D. The van der Waals surface area contributed by atoms with E-state index in [0.29, 0.717) is 6.04 Å². The molecule has 0 saturated heterocycles. The van der Waals surface area contributed by atoms with Crippen molar-refractivity contribution in [2.24, 2.45) is 0 Å². The van der Waals surface area contributed by atoms with E-state index in [0.717, 1.165) is 28.1 Å². The van der Waals surface area contributed by atoms with Crippen molar-refractivity contribution >= 4 is 43.6 Å². The van der Waals surface area contributed by atoms with Gasteiger partial charge < -0.3 is 9.13 Å². The number of hydrogen-bond acceptors (Lipinski definition) is 0. The highest BCUT2D eigenvalue weighted by Crippen LogP contribution is 2.42. The van der Waals surface area contributed by atoms with E-state index in [9.17, 15) is 0 Å². The molecule has 44 heavy (non-hydrogen) atoms. The van der Waals surface area contributed by atoms with Crippen molar-refractivity contribution in [3.05, 3.63) is 170 Å². The van der Waals surface area contributed by atoms with E-state index in [1.807, 2.05) is 24.3 Å². The summed E-state index contributed by atoms with van der Waals surface area (Å²) < 4.78 is 12.9. The molecule has 7 aromatic carbocycles. The van der Waals surface area contributed by atoms with E-state index < -0.39 is 0 Å². The number of para-hydroxylation sites is 3. The Kier molecular flexibility index (Phi) is 5.31. The first kappa shape index (κ1) is 23.7. The minimum absolute atomic E-state index is 0.512. The summed E-state index contributed by atoms with van der Waals surface area (Å²) in [6.45, 7) is 0. The average molecular weight is 562 g/mol. The molecule has 0 aliphatic rings. The monoisotopic (exact) mass is 561 g/mol. The largest absolute Gasteiger partial charge is 0.309 e. The van der Waals surface area contributed by atoms with Gasteiger partial charge in [0.05, 0.1) is 23.4 Å². The summed E-state index contributed by atoms with van der Waals surface area (Å²) >= 11 is 0. The van der Waals surface area contributed by atoms with Crippen LogP contribution in [-0.2, 0) is 0 Å². The molecular formula is C42H28N2. The molecule has 0 aliphatic carbocycles. The van der Waals surface area contributed by atoms with E-state index >= 15 is 0 Å². The van der Waals surface area contributed by atoms with Crippen LogP contribution in [0.2, 0.25) is 0 Å². The maximum atomic E-state index is 8.05. The summed E-state index contributed by atoms with van der Waals surface area (Å²) in [5.41, 5.74) is 11.6. The topological polar surface area (TPSA) is 9.86 Å². The third kappa shape index (κ3) is 3.75. The minimum Gasteiger partial charge on any atom is -0.309 e. The quantitative estimate of drug-likeness (QED) is 0.202. The van der Waals surface area contributed by atoms with Gasteiger partial charge in [0, 0.05) is 32.9 Å². The summed E-state index contributed by atoms with van der Waals surface area (Å²) in [6.07, 6.45) is 0. The summed E-state index contributed by atoms with van der Waals surface area (Å²) in [5.74, 6) is 0. The molecule has 9 aromatic rings. The Balaban J connectivity index is 1.42. The lowest BCUT2D eigenvalue weighted by atomic mass is 9.98. The maximum absolute atomic E-state index is 8.05. The Morgan fingerprint density at radius 3 is 1.64 bits per heavy atom. The van der Waals surface area contributed by atoms with Crippen LogP contribution in [0.1, 0.15) is 1.37 Å². The van der Waals surface area contributed by atoms with Gasteiger partial charge in [0.2, 0.25) is 0 Å². The number of nitrogens with zero attached hydrogens (tertiary/aromatic N) is 2. The SMILES string of the molecule is [2H]c1ccc(-c2cc(-c3ccccc3)cc(-n3c4ccccc4c4c3ccc3c5ccccc5n(-c5ccccc5)c34)c2)cc1. The molecule has 0 radical (unpaired) electrons. The van der Waals surface area contributed by atoms with Gasteiger partial charge in [-0.25, -0.2) is 0 Å². The summed E-state index contributed by atoms with van der Waals surface area (Å²) in [6, 6.07) is 58.6. The number of benzene rings is 7. The summed E-state index contributed by atoms with van der Waals surface area (Å²) in [4.78, 5) is 0. The van der Waals surface area contributed by atoms with Crippen molar-refractivity contribution in [3.8, 4) is 33.6 Å². The van der Waals surface area contributed by atoms with Crippen LogP contribution in [0.3, 0.4) is 0 Å². The van der Waals surface area contributed by atoms with Crippen LogP contribution in [0.4, 0.5) is 0 Å². The fourth-order valence-electron chi connectivity index (χ4n) is 6.92. The van der Waals surface area contributed by atoms with Crippen LogP contribution in [0, 0.1) is 0 Å². The van der Waals surface area contributed by atoms with Crippen LogP contribution in [-0.4, -0.2) is 9.13 Å². The van der Waals surface area contributed by atoms with E-state index in [4.69, 9.17) is 1.37 Å². The van der Waals surface area contributed by atoms with Gasteiger partial charge in [-0.05, 0) is 70.8 Å². The molecule has 0 saturated carbocycles. The summed E-state index contributed by atoms with van der Waals surface area (Å²) in [7, 11) is 0. The molecule has 206 valence electrons. The highest BCUT2D eigenvalue weighted by molar-refractivity contribution is 6.26. The molecule has 0 aliphatic heterocycles. The van der Waals surface area contributed by atoms with Crippen molar-refractivity contribution in [1.29, 1.82) is 0 Å². The normalized spacial score (nSPS) is 12.0. The van der Waals surface area contributed by atoms with Gasteiger partial charge in [0.15, 0.2) is 0 Å². The van der Waals surface area contributed by atoms with Crippen LogP contribution in [0.5, 0.6) is 0 Å². The van der Waals surface area contributed by atoms with Crippen molar-refractivity contribution in [2.75, 3.05) is 0 Å². The molecule has 2 heteroatoms. The molecule has 0 bridgehead atoms. The highest BCUT2D eigenvalue weighted by Gasteiger charge is 2.21. The fourth-order valence-corrected chi connectivity index (χ4v) is 6.92. The Bertz CT molecular complexity index is 2520. The van der Waals surface area contributed by atoms with Gasteiger partial charge in [-0.1, -0.05) is 121 Å². The van der Waals surface area contributed by atoms with Crippen LogP contribution >= 0.6 is 0 Å². The molecule has 2 heterocycles. The zero-order chi connectivity index (χ0) is 29.9. The van der Waals surface area contributed by atoms with Crippen LogP contribution in [0.15, 0.2) is 170 Å². The molecule has 0 unspecified atom stereocenters. The number of aromatic nitrogens is 2. The highest BCUT2D eigenvalue weighted by atomic mass is 15.0.